The number of ether oxygens (including phenoxy) is 1. The van der Waals surface area contributed by atoms with Gasteiger partial charge in [-0.05, 0) is 49.6 Å². The molecule has 1 fully saturated rings. The zero-order valence-electron chi connectivity index (χ0n) is 10.5. The van der Waals surface area contributed by atoms with Crippen LogP contribution in [0.5, 0.6) is 0 Å². The molecule has 3 heteroatoms. The Kier molecular flexibility index (Phi) is 3.79. The minimum absolute atomic E-state index is 0.267. The summed E-state index contributed by atoms with van der Waals surface area (Å²) in [6.45, 7) is 3.14. The van der Waals surface area contributed by atoms with Crippen molar-refractivity contribution in [1.82, 2.24) is 5.32 Å². The number of rotatable bonds is 2. The summed E-state index contributed by atoms with van der Waals surface area (Å²) in [5.74, 6) is -0.267. The minimum Gasteiger partial charge on any atom is -0.465 e. The van der Waals surface area contributed by atoms with Crippen molar-refractivity contribution < 1.29 is 9.53 Å². The molecule has 0 saturated carbocycles. The third-order valence-corrected chi connectivity index (χ3v) is 3.38. The fourth-order valence-electron chi connectivity index (χ4n) is 2.43. The van der Waals surface area contributed by atoms with Crippen molar-refractivity contribution in [3.63, 3.8) is 0 Å². The van der Waals surface area contributed by atoms with E-state index in [2.05, 4.69) is 12.2 Å². The molecular weight excluding hydrogens is 214 g/mol. The second-order valence-electron chi connectivity index (χ2n) is 4.57. The summed E-state index contributed by atoms with van der Waals surface area (Å²) >= 11 is 0. The molecular formula is C14H19NO2. The Bertz CT molecular complexity index is 409. The van der Waals surface area contributed by atoms with Crippen LogP contribution in [0.4, 0.5) is 0 Å². The van der Waals surface area contributed by atoms with Crippen molar-refractivity contribution in [1.29, 1.82) is 0 Å². The van der Waals surface area contributed by atoms with E-state index in [1.165, 1.54) is 31.9 Å². The molecule has 17 heavy (non-hydrogen) atoms. The number of benzene rings is 1. The lowest BCUT2D eigenvalue weighted by Crippen LogP contribution is -2.27. The minimum atomic E-state index is -0.267. The van der Waals surface area contributed by atoms with Crippen molar-refractivity contribution in [3.05, 3.63) is 34.9 Å². The summed E-state index contributed by atoms with van der Waals surface area (Å²) in [5, 5.41) is 3.52. The highest BCUT2D eigenvalue weighted by molar-refractivity contribution is 5.89. The standard InChI is InChI=1S/C14H19NO2/c1-10-9-11(14(16)17-2)6-7-12(10)13-5-3-4-8-15-13/h6-7,9,13,15H,3-5,8H2,1-2H3/t13-/m0/s1. The zero-order chi connectivity index (χ0) is 12.3. The van der Waals surface area contributed by atoms with Crippen LogP contribution in [0.2, 0.25) is 0 Å². The van der Waals surface area contributed by atoms with E-state index in [0.717, 1.165) is 12.1 Å². The molecule has 1 aliphatic rings. The van der Waals surface area contributed by atoms with Crippen LogP contribution < -0.4 is 5.32 Å². The first kappa shape index (κ1) is 12.1. The molecule has 0 bridgehead atoms. The maximum atomic E-state index is 11.4. The maximum absolute atomic E-state index is 11.4. The molecule has 0 aromatic heterocycles. The summed E-state index contributed by atoms with van der Waals surface area (Å²) in [4.78, 5) is 11.4. The van der Waals surface area contributed by atoms with Gasteiger partial charge in [0.05, 0.1) is 12.7 Å². The van der Waals surface area contributed by atoms with E-state index in [4.69, 9.17) is 4.74 Å². The molecule has 0 spiro atoms. The Hall–Kier alpha value is -1.35. The van der Waals surface area contributed by atoms with Crippen LogP contribution in [0.3, 0.4) is 0 Å². The highest BCUT2D eigenvalue weighted by Crippen LogP contribution is 2.26. The third-order valence-electron chi connectivity index (χ3n) is 3.38. The fraction of sp³-hybridized carbons (Fsp3) is 0.500. The molecule has 92 valence electrons. The van der Waals surface area contributed by atoms with Crippen LogP contribution in [0.25, 0.3) is 0 Å². The van der Waals surface area contributed by atoms with E-state index in [-0.39, 0.29) is 5.97 Å². The molecule has 0 aliphatic carbocycles. The number of hydrogen-bond donors (Lipinski definition) is 1. The van der Waals surface area contributed by atoms with Crippen molar-refractivity contribution in [2.75, 3.05) is 13.7 Å². The van der Waals surface area contributed by atoms with Gasteiger partial charge in [-0.3, -0.25) is 0 Å². The Morgan fingerprint density at radius 1 is 1.41 bits per heavy atom. The normalized spacial score (nSPS) is 20.0. The van der Waals surface area contributed by atoms with Crippen LogP contribution in [0, 0.1) is 6.92 Å². The van der Waals surface area contributed by atoms with Gasteiger partial charge < -0.3 is 10.1 Å². The SMILES string of the molecule is COC(=O)c1ccc([C@@H]2CCCCN2)c(C)c1. The summed E-state index contributed by atoms with van der Waals surface area (Å²) < 4.78 is 4.72. The van der Waals surface area contributed by atoms with Crippen molar-refractivity contribution >= 4 is 5.97 Å². The van der Waals surface area contributed by atoms with Gasteiger partial charge >= 0.3 is 5.97 Å². The molecule has 1 saturated heterocycles. The average Bonchev–Trinajstić information content (AvgIpc) is 2.38. The van der Waals surface area contributed by atoms with Crippen LogP contribution in [-0.4, -0.2) is 19.6 Å². The van der Waals surface area contributed by atoms with Gasteiger partial charge in [-0.1, -0.05) is 12.5 Å². The summed E-state index contributed by atoms with van der Waals surface area (Å²) in [7, 11) is 1.41. The maximum Gasteiger partial charge on any atom is 0.337 e. The molecule has 1 N–H and O–H groups in total. The van der Waals surface area contributed by atoms with Gasteiger partial charge in [0.1, 0.15) is 0 Å². The Labute approximate surface area is 102 Å². The quantitative estimate of drug-likeness (QED) is 0.798. The molecule has 0 radical (unpaired) electrons. The van der Waals surface area contributed by atoms with Gasteiger partial charge in [0, 0.05) is 6.04 Å². The number of methoxy groups -OCH3 is 1. The van der Waals surface area contributed by atoms with Crippen molar-refractivity contribution in [2.24, 2.45) is 0 Å². The van der Waals surface area contributed by atoms with E-state index < -0.39 is 0 Å². The lowest BCUT2D eigenvalue weighted by molar-refractivity contribution is 0.0600. The van der Waals surface area contributed by atoms with Crippen molar-refractivity contribution in [3.8, 4) is 0 Å². The van der Waals surface area contributed by atoms with Gasteiger partial charge in [0.25, 0.3) is 0 Å². The summed E-state index contributed by atoms with van der Waals surface area (Å²) in [6.07, 6.45) is 3.71. The molecule has 1 heterocycles. The average molecular weight is 233 g/mol. The first-order chi connectivity index (χ1) is 8.22. The summed E-state index contributed by atoms with van der Waals surface area (Å²) in [5.41, 5.74) is 3.09. The zero-order valence-corrected chi connectivity index (χ0v) is 10.5. The number of nitrogens with one attached hydrogen (secondary N) is 1. The lowest BCUT2D eigenvalue weighted by atomic mass is 9.93. The number of carbonyl (C=O) groups is 1. The van der Waals surface area contributed by atoms with Gasteiger partial charge in [0.15, 0.2) is 0 Å². The Balaban J connectivity index is 2.21. The first-order valence-electron chi connectivity index (χ1n) is 6.14. The molecule has 1 aliphatic heterocycles. The van der Waals surface area contributed by atoms with Gasteiger partial charge in [-0.25, -0.2) is 4.79 Å². The third kappa shape index (κ3) is 2.67. The molecule has 2 rings (SSSR count). The highest BCUT2D eigenvalue weighted by Gasteiger charge is 2.17. The van der Waals surface area contributed by atoms with E-state index in [0.29, 0.717) is 11.6 Å². The molecule has 1 atom stereocenters. The predicted octanol–water partition coefficient (Wildman–Crippen LogP) is 2.60. The number of piperidine rings is 1. The molecule has 1 aromatic carbocycles. The molecule has 1 aromatic rings. The highest BCUT2D eigenvalue weighted by atomic mass is 16.5. The fourth-order valence-corrected chi connectivity index (χ4v) is 2.43. The van der Waals surface area contributed by atoms with E-state index >= 15 is 0 Å². The number of aryl methyl sites for hydroxylation is 1. The second kappa shape index (κ2) is 5.32. The number of carbonyl (C=O) groups excluding carboxylic acids is 1. The van der Waals surface area contributed by atoms with Crippen molar-refractivity contribution in [2.45, 2.75) is 32.2 Å². The van der Waals surface area contributed by atoms with Crippen LogP contribution >= 0.6 is 0 Å². The molecule has 0 unspecified atom stereocenters. The lowest BCUT2D eigenvalue weighted by Gasteiger charge is -2.25. The number of esters is 1. The predicted molar refractivity (Wildman–Crippen MR) is 67.1 cm³/mol. The largest absolute Gasteiger partial charge is 0.465 e. The van der Waals surface area contributed by atoms with Crippen LogP contribution in [0.15, 0.2) is 18.2 Å². The van der Waals surface area contributed by atoms with Crippen LogP contribution in [0.1, 0.15) is 46.8 Å². The topological polar surface area (TPSA) is 38.3 Å². The first-order valence-corrected chi connectivity index (χ1v) is 6.14. The van der Waals surface area contributed by atoms with Gasteiger partial charge in [-0.2, -0.15) is 0 Å². The van der Waals surface area contributed by atoms with Gasteiger partial charge in [0.2, 0.25) is 0 Å². The molecule has 3 nitrogen and oxygen atoms in total. The number of hydrogen-bond acceptors (Lipinski definition) is 3. The molecule has 0 amide bonds. The summed E-state index contributed by atoms with van der Waals surface area (Å²) in [6, 6.07) is 6.25. The van der Waals surface area contributed by atoms with E-state index in [9.17, 15) is 4.79 Å². The Morgan fingerprint density at radius 2 is 2.24 bits per heavy atom. The second-order valence-corrected chi connectivity index (χ2v) is 4.57. The van der Waals surface area contributed by atoms with Crippen LogP contribution in [-0.2, 0) is 4.74 Å². The van der Waals surface area contributed by atoms with E-state index in [1.54, 1.807) is 0 Å². The van der Waals surface area contributed by atoms with Gasteiger partial charge in [-0.15, -0.1) is 0 Å². The van der Waals surface area contributed by atoms with E-state index in [1.807, 2.05) is 18.2 Å². The Morgan fingerprint density at radius 3 is 2.82 bits per heavy atom. The monoisotopic (exact) mass is 233 g/mol. The smallest absolute Gasteiger partial charge is 0.337 e.